The molecule has 0 saturated carbocycles. The van der Waals surface area contributed by atoms with E-state index in [0.29, 0.717) is 12.2 Å². The number of hydrogen-bond acceptors (Lipinski definition) is 3. The van der Waals surface area contributed by atoms with Crippen molar-refractivity contribution < 1.29 is 22.7 Å². The topological polar surface area (TPSA) is 50.4 Å². The van der Waals surface area contributed by atoms with Crippen molar-refractivity contribution in [1.29, 1.82) is 0 Å². The summed E-state index contributed by atoms with van der Waals surface area (Å²) in [6.45, 7) is 4.20. The molecule has 0 fully saturated rings. The fraction of sp³-hybridized carbons (Fsp3) is 0.462. The Morgan fingerprint density at radius 1 is 1.30 bits per heavy atom. The fourth-order valence-electron chi connectivity index (χ4n) is 1.47. The Labute approximate surface area is 115 Å². The Hall–Kier alpha value is -1.92. The largest absolute Gasteiger partial charge is 0.573 e. The van der Waals surface area contributed by atoms with Crippen LogP contribution < -0.4 is 15.4 Å². The molecule has 0 bridgehead atoms. The van der Waals surface area contributed by atoms with Crippen molar-refractivity contribution >= 4 is 11.6 Å². The molecule has 112 valence electrons. The second kappa shape index (κ2) is 7.02. The van der Waals surface area contributed by atoms with Gasteiger partial charge in [0.05, 0.1) is 0 Å². The highest BCUT2D eigenvalue weighted by atomic mass is 19.4. The van der Waals surface area contributed by atoms with Gasteiger partial charge in [0.25, 0.3) is 0 Å². The molecule has 0 spiro atoms. The first-order valence-corrected chi connectivity index (χ1v) is 6.22. The molecule has 0 radical (unpaired) electrons. The molecule has 0 saturated heterocycles. The van der Waals surface area contributed by atoms with Gasteiger partial charge >= 0.3 is 6.36 Å². The van der Waals surface area contributed by atoms with Gasteiger partial charge < -0.3 is 15.4 Å². The minimum atomic E-state index is -4.71. The normalized spacial score (nSPS) is 12.7. The van der Waals surface area contributed by atoms with Gasteiger partial charge in [-0.1, -0.05) is 6.92 Å². The third kappa shape index (κ3) is 5.81. The molecule has 7 heteroatoms. The van der Waals surface area contributed by atoms with E-state index in [1.165, 1.54) is 24.3 Å². The van der Waals surface area contributed by atoms with Crippen LogP contribution in [0.25, 0.3) is 0 Å². The van der Waals surface area contributed by atoms with Crippen molar-refractivity contribution in [1.82, 2.24) is 5.32 Å². The summed E-state index contributed by atoms with van der Waals surface area (Å²) in [5.41, 5.74) is 0.540. The summed E-state index contributed by atoms with van der Waals surface area (Å²) in [6.07, 6.45) is -3.87. The molecular weight excluding hydrogens is 273 g/mol. The van der Waals surface area contributed by atoms with Gasteiger partial charge in [-0.15, -0.1) is 13.2 Å². The average molecular weight is 290 g/mol. The minimum absolute atomic E-state index is 0.164. The van der Waals surface area contributed by atoms with Crippen LogP contribution in [0.1, 0.15) is 20.3 Å². The first kappa shape index (κ1) is 16.1. The molecule has 0 aromatic heterocycles. The number of carbonyl (C=O) groups is 1. The van der Waals surface area contributed by atoms with Crippen molar-refractivity contribution in [3.8, 4) is 5.75 Å². The lowest BCUT2D eigenvalue weighted by Gasteiger charge is -2.15. The predicted octanol–water partition coefficient (Wildman–Crippen LogP) is 2.91. The summed E-state index contributed by atoms with van der Waals surface area (Å²) in [5, 5.41) is 5.61. The summed E-state index contributed by atoms with van der Waals surface area (Å²) in [5.74, 6) is -0.464. The maximum atomic E-state index is 12.0. The minimum Gasteiger partial charge on any atom is -0.406 e. The van der Waals surface area contributed by atoms with Crippen LogP contribution in [-0.4, -0.2) is 24.9 Å². The maximum absolute atomic E-state index is 12.0. The van der Waals surface area contributed by atoms with E-state index in [1.54, 1.807) is 6.92 Å². The van der Waals surface area contributed by atoms with E-state index in [2.05, 4.69) is 15.4 Å². The third-order valence-corrected chi connectivity index (χ3v) is 2.41. The van der Waals surface area contributed by atoms with E-state index in [4.69, 9.17) is 0 Å². The monoisotopic (exact) mass is 290 g/mol. The molecule has 4 nitrogen and oxygen atoms in total. The number of rotatable bonds is 6. The van der Waals surface area contributed by atoms with E-state index >= 15 is 0 Å². The first-order valence-electron chi connectivity index (χ1n) is 6.22. The molecule has 1 amide bonds. The average Bonchev–Trinajstić information content (AvgIpc) is 2.36. The van der Waals surface area contributed by atoms with Gasteiger partial charge in [0.1, 0.15) is 11.8 Å². The zero-order valence-corrected chi connectivity index (χ0v) is 11.3. The van der Waals surface area contributed by atoms with Crippen LogP contribution in [0.3, 0.4) is 0 Å². The van der Waals surface area contributed by atoms with Gasteiger partial charge in [0, 0.05) is 12.2 Å². The molecular formula is C13H17F3N2O2. The van der Waals surface area contributed by atoms with Gasteiger partial charge in [-0.05, 0) is 37.6 Å². The van der Waals surface area contributed by atoms with Crippen LogP contribution in [0.4, 0.5) is 18.9 Å². The molecule has 1 rings (SSSR count). The zero-order chi connectivity index (χ0) is 15.2. The Bertz CT molecular complexity index is 432. The number of nitrogens with one attached hydrogen (secondary N) is 2. The second-order valence-corrected chi connectivity index (χ2v) is 4.23. The van der Waals surface area contributed by atoms with Crippen molar-refractivity contribution in [2.75, 3.05) is 11.9 Å². The quantitative estimate of drug-likeness (QED) is 0.847. The standard InChI is InChI=1S/C13H17F3N2O2/c1-3-8-17-12(19)9(2)18-10-4-6-11(7-5-10)20-13(14,15)16/h4-7,9,18H,3,8H2,1-2H3,(H,17,19). The van der Waals surface area contributed by atoms with Crippen molar-refractivity contribution in [2.24, 2.45) is 0 Å². The number of alkyl halides is 3. The molecule has 0 heterocycles. The maximum Gasteiger partial charge on any atom is 0.573 e. The van der Waals surface area contributed by atoms with E-state index < -0.39 is 12.4 Å². The summed E-state index contributed by atoms with van der Waals surface area (Å²) in [6, 6.07) is 4.74. The van der Waals surface area contributed by atoms with Crippen LogP contribution in [0.5, 0.6) is 5.75 Å². The van der Waals surface area contributed by atoms with Crippen molar-refractivity contribution in [2.45, 2.75) is 32.7 Å². The zero-order valence-electron chi connectivity index (χ0n) is 11.3. The highest BCUT2D eigenvalue weighted by molar-refractivity contribution is 5.84. The van der Waals surface area contributed by atoms with Crippen molar-refractivity contribution in [3.05, 3.63) is 24.3 Å². The summed E-state index contributed by atoms with van der Waals surface area (Å²) in [7, 11) is 0. The van der Waals surface area contributed by atoms with Crippen LogP contribution in [-0.2, 0) is 4.79 Å². The molecule has 1 atom stereocenters. The summed E-state index contributed by atoms with van der Waals surface area (Å²) in [4.78, 5) is 11.6. The number of anilines is 1. The molecule has 0 aliphatic heterocycles. The molecule has 0 aliphatic carbocycles. The molecule has 1 aromatic carbocycles. The lowest BCUT2D eigenvalue weighted by Crippen LogP contribution is -2.37. The molecule has 2 N–H and O–H groups in total. The van der Waals surface area contributed by atoms with Gasteiger partial charge in [0.15, 0.2) is 0 Å². The number of hydrogen-bond donors (Lipinski definition) is 2. The summed E-state index contributed by atoms with van der Waals surface area (Å²) >= 11 is 0. The third-order valence-electron chi connectivity index (χ3n) is 2.41. The predicted molar refractivity (Wildman–Crippen MR) is 69.5 cm³/mol. The summed E-state index contributed by atoms with van der Waals surface area (Å²) < 4.78 is 39.7. The van der Waals surface area contributed by atoms with E-state index in [9.17, 15) is 18.0 Å². The Balaban J connectivity index is 2.54. The van der Waals surface area contributed by atoms with Crippen molar-refractivity contribution in [3.63, 3.8) is 0 Å². The SMILES string of the molecule is CCCNC(=O)C(C)Nc1ccc(OC(F)(F)F)cc1. The van der Waals surface area contributed by atoms with Crippen LogP contribution in [0, 0.1) is 0 Å². The second-order valence-electron chi connectivity index (χ2n) is 4.23. The molecule has 20 heavy (non-hydrogen) atoms. The number of amides is 1. The van der Waals surface area contributed by atoms with Crippen LogP contribution >= 0.6 is 0 Å². The Morgan fingerprint density at radius 3 is 2.40 bits per heavy atom. The van der Waals surface area contributed by atoms with Gasteiger partial charge in [0.2, 0.25) is 5.91 Å². The van der Waals surface area contributed by atoms with Gasteiger partial charge in [-0.2, -0.15) is 0 Å². The number of ether oxygens (including phenoxy) is 1. The van der Waals surface area contributed by atoms with Gasteiger partial charge in [-0.3, -0.25) is 4.79 Å². The van der Waals surface area contributed by atoms with E-state index in [1.807, 2.05) is 6.92 Å². The lowest BCUT2D eigenvalue weighted by atomic mass is 10.2. The molecule has 1 unspecified atom stereocenters. The molecule has 0 aliphatic rings. The Kier molecular flexibility index (Phi) is 5.66. The van der Waals surface area contributed by atoms with E-state index in [0.717, 1.165) is 6.42 Å². The number of carbonyl (C=O) groups excluding carboxylic acids is 1. The Morgan fingerprint density at radius 2 is 1.90 bits per heavy atom. The lowest BCUT2D eigenvalue weighted by molar-refractivity contribution is -0.274. The number of benzene rings is 1. The van der Waals surface area contributed by atoms with Crippen LogP contribution in [0.2, 0.25) is 0 Å². The van der Waals surface area contributed by atoms with Gasteiger partial charge in [-0.25, -0.2) is 0 Å². The highest BCUT2D eigenvalue weighted by Crippen LogP contribution is 2.24. The molecule has 1 aromatic rings. The number of halogens is 3. The highest BCUT2D eigenvalue weighted by Gasteiger charge is 2.30. The fourth-order valence-corrected chi connectivity index (χ4v) is 1.47. The smallest absolute Gasteiger partial charge is 0.406 e. The van der Waals surface area contributed by atoms with Crippen LogP contribution in [0.15, 0.2) is 24.3 Å². The first-order chi connectivity index (χ1) is 9.31. The van der Waals surface area contributed by atoms with E-state index in [-0.39, 0.29) is 11.7 Å².